The molecule has 0 fully saturated rings. The maximum absolute atomic E-state index is 12.2. The molecule has 0 N–H and O–H groups in total. The van der Waals surface area contributed by atoms with Crippen LogP contribution in [0.25, 0.3) is 0 Å². The molecule has 2 aromatic carbocycles. The molecule has 3 heteroatoms. The molecule has 0 heterocycles. The lowest BCUT2D eigenvalue weighted by Crippen LogP contribution is -2.04. The summed E-state index contributed by atoms with van der Waals surface area (Å²) in [7, 11) is 1.59. The SMILES string of the molecule is COc1cccc(C(=O)Cc2ccccc2Br)c1. The normalized spacial score (nSPS) is 10.1. The zero-order chi connectivity index (χ0) is 13.0. The molecule has 2 nitrogen and oxygen atoms in total. The van der Waals surface area contributed by atoms with Gasteiger partial charge in [-0.15, -0.1) is 0 Å². The smallest absolute Gasteiger partial charge is 0.167 e. The van der Waals surface area contributed by atoms with E-state index in [1.807, 2.05) is 42.5 Å². The lowest BCUT2D eigenvalue weighted by molar-refractivity contribution is 0.0992. The van der Waals surface area contributed by atoms with Gasteiger partial charge in [-0.25, -0.2) is 0 Å². The van der Waals surface area contributed by atoms with Crippen LogP contribution in [0.1, 0.15) is 15.9 Å². The summed E-state index contributed by atoms with van der Waals surface area (Å²) < 4.78 is 6.08. The average Bonchev–Trinajstić information content (AvgIpc) is 2.41. The summed E-state index contributed by atoms with van der Waals surface area (Å²) in [6.45, 7) is 0. The van der Waals surface area contributed by atoms with E-state index in [4.69, 9.17) is 4.74 Å². The molecule has 92 valence electrons. The van der Waals surface area contributed by atoms with Crippen molar-refractivity contribution in [2.45, 2.75) is 6.42 Å². The molecule has 0 spiro atoms. The molecule has 0 bridgehead atoms. The standard InChI is InChI=1S/C15H13BrO2/c1-18-13-7-4-6-12(9-13)15(17)10-11-5-2-3-8-14(11)16/h2-9H,10H2,1H3. The van der Waals surface area contributed by atoms with Crippen molar-refractivity contribution in [3.63, 3.8) is 0 Å². The van der Waals surface area contributed by atoms with E-state index in [1.165, 1.54) is 0 Å². The van der Waals surface area contributed by atoms with Crippen molar-refractivity contribution in [1.29, 1.82) is 0 Å². The molecule has 18 heavy (non-hydrogen) atoms. The van der Waals surface area contributed by atoms with Crippen molar-refractivity contribution in [2.75, 3.05) is 7.11 Å². The quantitative estimate of drug-likeness (QED) is 0.801. The monoisotopic (exact) mass is 304 g/mol. The second kappa shape index (κ2) is 5.83. The Kier molecular flexibility index (Phi) is 4.15. The summed E-state index contributed by atoms with van der Waals surface area (Å²) in [5.74, 6) is 0.786. The first-order valence-electron chi connectivity index (χ1n) is 5.61. The Morgan fingerprint density at radius 1 is 1.17 bits per heavy atom. The van der Waals surface area contributed by atoms with Gasteiger partial charge in [-0.2, -0.15) is 0 Å². The number of ketones is 1. The molecule has 0 radical (unpaired) electrons. The Bertz CT molecular complexity index is 564. The van der Waals surface area contributed by atoms with Crippen LogP contribution in [-0.4, -0.2) is 12.9 Å². The van der Waals surface area contributed by atoms with Gasteiger partial charge in [0.05, 0.1) is 7.11 Å². The van der Waals surface area contributed by atoms with Crippen molar-refractivity contribution in [1.82, 2.24) is 0 Å². The van der Waals surface area contributed by atoms with Crippen LogP contribution < -0.4 is 4.74 Å². The van der Waals surface area contributed by atoms with E-state index in [1.54, 1.807) is 13.2 Å². The van der Waals surface area contributed by atoms with Crippen LogP contribution in [0.2, 0.25) is 0 Å². The van der Waals surface area contributed by atoms with Crippen LogP contribution in [0.4, 0.5) is 0 Å². The van der Waals surface area contributed by atoms with Crippen LogP contribution in [0.5, 0.6) is 5.75 Å². The highest BCUT2D eigenvalue weighted by Crippen LogP contribution is 2.19. The zero-order valence-corrected chi connectivity index (χ0v) is 11.6. The number of rotatable bonds is 4. The molecule has 0 aliphatic carbocycles. The summed E-state index contributed by atoms with van der Waals surface area (Å²) in [5, 5.41) is 0. The van der Waals surface area contributed by atoms with Crippen molar-refractivity contribution in [3.8, 4) is 5.75 Å². The average molecular weight is 305 g/mol. The van der Waals surface area contributed by atoms with Gasteiger partial charge < -0.3 is 4.74 Å². The number of carbonyl (C=O) groups excluding carboxylic acids is 1. The number of hydrogen-bond acceptors (Lipinski definition) is 2. The minimum Gasteiger partial charge on any atom is -0.497 e. The summed E-state index contributed by atoms with van der Waals surface area (Å²) in [5.41, 5.74) is 1.66. The highest BCUT2D eigenvalue weighted by Gasteiger charge is 2.09. The van der Waals surface area contributed by atoms with Gasteiger partial charge >= 0.3 is 0 Å². The third-order valence-corrected chi connectivity index (χ3v) is 3.47. The second-order valence-corrected chi connectivity index (χ2v) is 4.78. The van der Waals surface area contributed by atoms with Gasteiger partial charge in [0.25, 0.3) is 0 Å². The highest BCUT2D eigenvalue weighted by molar-refractivity contribution is 9.10. The van der Waals surface area contributed by atoms with Crippen molar-refractivity contribution >= 4 is 21.7 Å². The Balaban J connectivity index is 2.19. The van der Waals surface area contributed by atoms with Gasteiger partial charge in [0.15, 0.2) is 5.78 Å². The van der Waals surface area contributed by atoms with Gasteiger partial charge in [0.2, 0.25) is 0 Å². The van der Waals surface area contributed by atoms with Crippen LogP contribution in [-0.2, 0) is 6.42 Å². The van der Waals surface area contributed by atoms with Gasteiger partial charge in [-0.05, 0) is 23.8 Å². The van der Waals surface area contributed by atoms with Crippen LogP contribution in [0.3, 0.4) is 0 Å². The second-order valence-electron chi connectivity index (χ2n) is 3.92. The van der Waals surface area contributed by atoms with E-state index in [0.29, 0.717) is 17.7 Å². The first kappa shape index (κ1) is 12.8. The van der Waals surface area contributed by atoms with Gasteiger partial charge in [-0.1, -0.05) is 46.3 Å². The summed E-state index contributed by atoms with van der Waals surface area (Å²) in [4.78, 5) is 12.2. The molecule has 2 rings (SSSR count). The number of Topliss-reactive ketones (excluding diaryl/α,β-unsaturated/α-hetero) is 1. The van der Waals surface area contributed by atoms with E-state index in [2.05, 4.69) is 15.9 Å². The predicted octanol–water partition coefficient (Wildman–Crippen LogP) is 3.88. The fourth-order valence-electron chi connectivity index (χ4n) is 1.71. The van der Waals surface area contributed by atoms with E-state index in [9.17, 15) is 4.79 Å². The van der Waals surface area contributed by atoms with Crippen molar-refractivity contribution < 1.29 is 9.53 Å². The van der Waals surface area contributed by atoms with Crippen LogP contribution in [0.15, 0.2) is 53.0 Å². The van der Waals surface area contributed by atoms with Crippen molar-refractivity contribution in [2.24, 2.45) is 0 Å². The topological polar surface area (TPSA) is 26.3 Å². The van der Waals surface area contributed by atoms with Crippen LogP contribution in [0, 0.1) is 0 Å². The fourth-order valence-corrected chi connectivity index (χ4v) is 2.14. The summed E-state index contributed by atoms with van der Waals surface area (Å²) >= 11 is 3.45. The first-order valence-corrected chi connectivity index (χ1v) is 6.40. The summed E-state index contributed by atoms with van der Waals surface area (Å²) in [6, 6.07) is 15.0. The Hall–Kier alpha value is -1.61. The molecule has 2 aromatic rings. The Labute approximate surface area is 115 Å². The number of carbonyl (C=O) groups is 1. The first-order chi connectivity index (χ1) is 8.70. The lowest BCUT2D eigenvalue weighted by Gasteiger charge is -2.05. The molecule has 0 unspecified atom stereocenters. The van der Waals surface area contributed by atoms with Crippen LogP contribution >= 0.6 is 15.9 Å². The minimum atomic E-state index is 0.0841. The molecule has 0 amide bonds. The molecule has 0 aliphatic rings. The molecule has 0 aromatic heterocycles. The Morgan fingerprint density at radius 3 is 2.67 bits per heavy atom. The van der Waals surface area contributed by atoms with Crippen molar-refractivity contribution in [3.05, 3.63) is 64.1 Å². The summed E-state index contributed by atoms with van der Waals surface area (Å²) in [6.07, 6.45) is 0.384. The number of halogens is 1. The molecule has 0 atom stereocenters. The molecule has 0 saturated heterocycles. The third kappa shape index (κ3) is 2.99. The molecule has 0 aliphatic heterocycles. The minimum absolute atomic E-state index is 0.0841. The largest absolute Gasteiger partial charge is 0.497 e. The molecular weight excluding hydrogens is 292 g/mol. The maximum Gasteiger partial charge on any atom is 0.167 e. The highest BCUT2D eigenvalue weighted by atomic mass is 79.9. The fraction of sp³-hybridized carbons (Fsp3) is 0.133. The van der Waals surface area contributed by atoms with Gasteiger partial charge in [-0.3, -0.25) is 4.79 Å². The lowest BCUT2D eigenvalue weighted by atomic mass is 10.0. The zero-order valence-electron chi connectivity index (χ0n) is 10.0. The molecular formula is C15H13BrO2. The van der Waals surface area contributed by atoms with E-state index < -0.39 is 0 Å². The number of hydrogen-bond donors (Lipinski definition) is 0. The van der Waals surface area contributed by atoms with E-state index in [0.717, 1.165) is 10.0 Å². The number of ether oxygens (including phenoxy) is 1. The van der Waals surface area contributed by atoms with E-state index >= 15 is 0 Å². The molecule has 0 saturated carbocycles. The Morgan fingerprint density at radius 2 is 1.94 bits per heavy atom. The number of benzene rings is 2. The third-order valence-electron chi connectivity index (χ3n) is 2.70. The van der Waals surface area contributed by atoms with E-state index in [-0.39, 0.29) is 5.78 Å². The van der Waals surface area contributed by atoms with Gasteiger partial charge in [0, 0.05) is 16.5 Å². The maximum atomic E-state index is 12.2. The predicted molar refractivity (Wildman–Crippen MR) is 75.2 cm³/mol. The van der Waals surface area contributed by atoms with Gasteiger partial charge in [0.1, 0.15) is 5.75 Å². The number of methoxy groups -OCH3 is 1.